The molecule has 0 heterocycles. The van der Waals surface area contributed by atoms with Gasteiger partial charge in [0.05, 0.1) is 6.54 Å². The lowest BCUT2D eigenvalue weighted by atomic mass is 9.84. The van der Waals surface area contributed by atoms with Gasteiger partial charge < -0.3 is 15.5 Å². The fourth-order valence-electron chi connectivity index (χ4n) is 1.80. The maximum Gasteiger partial charge on any atom is 0.337 e. The van der Waals surface area contributed by atoms with Gasteiger partial charge in [0.2, 0.25) is 5.91 Å². The summed E-state index contributed by atoms with van der Waals surface area (Å²) in [6.45, 7) is 4.29. The minimum atomic E-state index is -1.98. The predicted octanol–water partition coefficient (Wildman–Crippen LogP) is 1.86. The maximum atomic E-state index is 12.2. The highest BCUT2D eigenvalue weighted by molar-refractivity contribution is 6.30. The average molecular weight is 314 g/mol. The van der Waals surface area contributed by atoms with Crippen molar-refractivity contribution in [2.75, 3.05) is 6.54 Å². The summed E-state index contributed by atoms with van der Waals surface area (Å²) in [5, 5.41) is 21.5. The third-order valence-corrected chi connectivity index (χ3v) is 3.44. The quantitative estimate of drug-likeness (QED) is 0.748. The molecule has 0 fully saturated rings. The monoisotopic (exact) mass is 313 g/mol. The van der Waals surface area contributed by atoms with E-state index in [1.165, 1.54) is 0 Å². The van der Waals surface area contributed by atoms with Gasteiger partial charge in [-0.05, 0) is 31.0 Å². The molecule has 1 aromatic carbocycles. The van der Waals surface area contributed by atoms with Crippen molar-refractivity contribution in [3.05, 3.63) is 34.9 Å². The lowest BCUT2D eigenvalue weighted by Crippen LogP contribution is -2.49. The van der Waals surface area contributed by atoms with Crippen LogP contribution in [0.4, 0.5) is 0 Å². The Kier molecular flexibility index (Phi) is 5.36. The molecule has 0 saturated heterocycles. The van der Waals surface area contributed by atoms with Crippen molar-refractivity contribution in [1.82, 2.24) is 5.32 Å². The van der Waals surface area contributed by atoms with E-state index in [4.69, 9.17) is 16.7 Å². The van der Waals surface area contributed by atoms with Crippen molar-refractivity contribution in [2.45, 2.75) is 32.8 Å². The van der Waals surface area contributed by atoms with E-state index < -0.39 is 17.0 Å². The van der Waals surface area contributed by atoms with Crippen molar-refractivity contribution < 1.29 is 19.8 Å². The van der Waals surface area contributed by atoms with Crippen LogP contribution in [0.5, 0.6) is 0 Å². The molecule has 21 heavy (non-hydrogen) atoms. The molecule has 3 N–H and O–H groups in total. The summed E-state index contributed by atoms with van der Waals surface area (Å²) in [6, 6.07) is 7.21. The highest BCUT2D eigenvalue weighted by Crippen LogP contribution is 2.24. The van der Waals surface area contributed by atoms with Crippen molar-refractivity contribution >= 4 is 23.5 Å². The van der Waals surface area contributed by atoms with E-state index in [-0.39, 0.29) is 12.5 Å². The number of hydrogen-bond acceptors (Lipinski definition) is 3. The molecule has 1 rings (SSSR count). The smallest absolute Gasteiger partial charge is 0.337 e. The van der Waals surface area contributed by atoms with E-state index in [2.05, 4.69) is 5.32 Å². The summed E-state index contributed by atoms with van der Waals surface area (Å²) in [5.41, 5.74) is -1.83. The first kappa shape index (κ1) is 17.5. The van der Waals surface area contributed by atoms with Gasteiger partial charge in [0, 0.05) is 10.4 Å². The van der Waals surface area contributed by atoms with Gasteiger partial charge in [0.15, 0.2) is 5.60 Å². The summed E-state index contributed by atoms with van der Waals surface area (Å²) in [7, 11) is 0. The third-order valence-electron chi connectivity index (χ3n) is 3.20. The molecule has 0 radical (unpaired) electrons. The molecule has 0 saturated carbocycles. The zero-order valence-electron chi connectivity index (χ0n) is 12.3. The minimum absolute atomic E-state index is 0.330. The Bertz CT molecular complexity index is 540. The Morgan fingerprint density at radius 1 is 1.29 bits per heavy atom. The van der Waals surface area contributed by atoms with Crippen LogP contribution in [0.2, 0.25) is 5.02 Å². The third kappa shape index (κ3) is 5.02. The van der Waals surface area contributed by atoms with E-state index >= 15 is 0 Å². The molecule has 1 amide bonds. The van der Waals surface area contributed by atoms with Gasteiger partial charge in [-0.15, -0.1) is 0 Å². The van der Waals surface area contributed by atoms with Gasteiger partial charge >= 0.3 is 5.97 Å². The van der Waals surface area contributed by atoms with E-state index in [0.29, 0.717) is 11.4 Å². The molecule has 1 atom stereocenters. The standard InChI is InChI=1S/C15H20ClNO4/c1-14(2,8-10-5-4-6-11(16)7-10)12(18)17-9-15(3,21)13(19)20/h4-7,21H,8-9H2,1-3H3,(H,17,18)(H,19,20). The first-order chi connectivity index (χ1) is 9.54. The predicted molar refractivity (Wildman–Crippen MR) is 80.2 cm³/mol. The summed E-state index contributed by atoms with van der Waals surface area (Å²) < 4.78 is 0. The van der Waals surface area contributed by atoms with Gasteiger partial charge in [0.1, 0.15) is 0 Å². The van der Waals surface area contributed by atoms with Crippen LogP contribution in [-0.2, 0) is 16.0 Å². The lowest BCUT2D eigenvalue weighted by Gasteiger charge is -2.26. The number of aliphatic carboxylic acids is 1. The van der Waals surface area contributed by atoms with Crippen LogP contribution in [0.3, 0.4) is 0 Å². The Morgan fingerprint density at radius 3 is 2.43 bits per heavy atom. The van der Waals surface area contributed by atoms with Crippen LogP contribution in [0.25, 0.3) is 0 Å². The molecule has 116 valence electrons. The highest BCUT2D eigenvalue weighted by atomic mass is 35.5. The van der Waals surface area contributed by atoms with Gasteiger partial charge in [-0.25, -0.2) is 4.79 Å². The summed E-state index contributed by atoms with van der Waals surface area (Å²) >= 11 is 5.91. The Hall–Kier alpha value is -1.59. The number of nitrogens with one attached hydrogen (secondary N) is 1. The molecule has 0 aromatic heterocycles. The topological polar surface area (TPSA) is 86.6 Å². The summed E-state index contributed by atoms with van der Waals surface area (Å²) in [4.78, 5) is 23.0. The Morgan fingerprint density at radius 2 is 1.90 bits per heavy atom. The molecule has 5 nitrogen and oxygen atoms in total. The number of amides is 1. The highest BCUT2D eigenvalue weighted by Gasteiger charge is 2.34. The fourth-order valence-corrected chi connectivity index (χ4v) is 2.02. The van der Waals surface area contributed by atoms with Gasteiger partial charge in [-0.3, -0.25) is 4.79 Å². The normalized spacial score (nSPS) is 14.3. The largest absolute Gasteiger partial charge is 0.479 e. The summed E-state index contributed by atoms with van der Waals surface area (Å²) in [5.74, 6) is -1.71. The SMILES string of the molecule is CC(C)(Cc1cccc(Cl)c1)C(=O)NCC(C)(O)C(=O)O. The van der Waals surface area contributed by atoms with Gasteiger partial charge in [-0.1, -0.05) is 37.6 Å². The van der Waals surface area contributed by atoms with E-state index in [9.17, 15) is 14.7 Å². The lowest BCUT2D eigenvalue weighted by molar-refractivity contribution is -0.156. The number of hydrogen-bond donors (Lipinski definition) is 3. The second kappa shape index (κ2) is 6.45. The number of carboxylic acids is 1. The molecule has 6 heteroatoms. The first-order valence-corrected chi connectivity index (χ1v) is 6.91. The van der Waals surface area contributed by atoms with Crippen molar-refractivity contribution in [1.29, 1.82) is 0 Å². The molecule has 0 aliphatic rings. The van der Waals surface area contributed by atoms with E-state index in [1.807, 2.05) is 6.07 Å². The van der Waals surface area contributed by atoms with Gasteiger partial charge in [-0.2, -0.15) is 0 Å². The molecular weight excluding hydrogens is 294 g/mol. The number of carbonyl (C=O) groups excluding carboxylic acids is 1. The average Bonchev–Trinajstić information content (AvgIpc) is 2.35. The fraction of sp³-hybridized carbons (Fsp3) is 0.467. The van der Waals surface area contributed by atoms with Crippen LogP contribution in [0.15, 0.2) is 24.3 Å². The maximum absolute atomic E-state index is 12.2. The Balaban J connectivity index is 2.69. The minimum Gasteiger partial charge on any atom is -0.479 e. The van der Waals surface area contributed by atoms with Gasteiger partial charge in [0.25, 0.3) is 0 Å². The summed E-state index contributed by atoms with van der Waals surface area (Å²) in [6.07, 6.45) is 0.453. The molecule has 0 spiro atoms. The zero-order chi connectivity index (χ0) is 16.3. The van der Waals surface area contributed by atoms with Crippen LogP contribution in [-0.4, -0.2) is 34.2 Å². The number of benzene rings is 1. The molecule has 0 aliphatic carbocycles. The number of aliphatic hydroxyl groups is 1. The first-order valence-electron chi connectivity index (χ1n) is 6.53. The van der Waals surface area contributed by atoms with Crippen molar-refractivity contribution in [3.8, 4) is 0 Å². The van der Waals surface area contributed by atoms with Crippen LogP contribution in [0, 0.1) is 5.41 Å². The molecule has 0 bridgehead atoms. The van der Waals surface area contributed by atoms with Crippen molar-refractivity contribution in [3.63, 3.8) is 0 Å². The molecule has 0 aliphatic heterocycles. The van der Waals surface area contributed by atoms with Crippen molar-refractivity contribution in [2.24, 2.45) is 5.41 Å². The van der Waals surface area contributed by atoms with Crippen LogP contribution >= 0.6 is 11.6 Å². The number of rotatable bonds is 6. The second-order valence-corrected chi connectivity index (χ2v) is 6.39. The number of halogens is 1. The van der Waals surface area contributed by atoms with E-state index in [1.54, 1.807) is 32.0 Å². The van der Waals surface area contributed by atoms with Crippen LogP contribution < -0.4 is 5.32 Å². The Labute approximate surface area is 128 Å². The van der Waals surface area contributed by atoms with E-state index in [0.717, 1.165) is 12.5 Å². The number of carbonyl (C=O) groups is 2. The molecular formula is C15H20ClNO4. The van der Waals surface area contributed by atoms with Crippen LogP contribution in [0.1, 0.15) is 26.3 Å². The zero-order valence-corrected chi connectivity index (χ0v) is 13.1. The molecule has 1 aromatic rings. The second-order valence-electron chi connectivity index (χ2n) is 5.95. The molecule has 1 unspecified atom stereocenters. The number of carboxylic acid groups (broad SMARTS) is 1.